The molecule has 112 valence electrons. The fourth-order valence-electron chi connectivity index (χ4n) is 2.71. The Labute approximate surface area is 118 Å². The van der Waals surface area contributed by atoms with E-state index in [-0.39, 0.29) is 5.41 Å². The van der Waals surface area contributed by atoms with Gasteiger partial charge in [0.1, 0.15) is 0 Å². The summed E-state index contributed by atoms with van der Waals surface area (Å²) < 4.78 is 0. The number of rotatable bonds is 11. The van der Waals surface area contributed by atoms with Gasteiger partial charge in [-0.05, 0) is 45.2 Å². The predicted molar refractivity (Wildman–Crippen MR) is 81.1 cm³/mol. The summed E-state index contributed by atoms with van der Waals surface area (Å²) in [7, 11) is 2.01. The van der Waals surface area contributed by atoms with Crippen molar-refractivity contribution in [2.75, 3.05) is 20.1 Å². The lowest BCUT2D eigenvalue weighted by Gasteiger charge is -2.18. The topological polar surface area (TPSA) is 41.1 Å². The summed E-state index contributed by atoms with van der Waals surface area (Å²) in [4.78, 5) is 12.1. The Kier molecular flexibility index (Phi) is 7.44. The number of nitrogens with one attached hydrogen (secondary N) is 2. The van der Waals surface area contributed by atoms with E-state index in [9.17, 15) is 4.79 Å². The maximum absolute atomic E-state index is 12.1. The third kappa shape index (κ3) is 5.52. The molecule has 1 amide bonds. The molecule has 0 bridgehead atoms. The minimum Gasteiger partial charge on any atom is -0.356 e. The highest BCUT2D eigenvalue weighted by molar-refractivity contribution is 5.85. The summed E-state index contributed by atoms with van der Waals surface area (Å²) >= 11 is 0. The van der Waals surface area contributed by atoms with Crippen molar-refractivity contribution in [2.45, 2.75) is 65.2 Å². The Morgan fingerprint density at radius 2 is 1.53 bits per heavy atom. The lowest BCUT2D eigenvalue weighted by molar-refractivity contribution is -0.127. The molecule has 1 saturated carbocycles. The second-order valence-corrected chi connectivity index (χ2v) is 6.29. The normalized spacial score (nSPS) is 16.6. The second kappa shape index (κ2) is 8.57. The van der Waals surface area contributed by atoms with Crippen LogP contribution in [-0.4, -0.2) is 26.0 Å². The van der Waals surface area contributed by atoms with Gasteiger partial charge in [-0.3, -0.25) is 4.79 Å². The summed E-state index contributed by atoms with van der Waals surface area (Å²) in [5.74, 6) is 0.788. The molecular weight excluding hydrogens is 236 g/mol. The molecule has 0 aromatic heterocycles. The molecule has 0 aliphatic heterocycles. The third-order valence-electron chi connectivity index (χ3n) is 4.49. The molecule has 1 rings (SSSR count). The van der Waals surface area contributed by atoms with Crippen LogP contribution in [0.1, 0.15) is 65.2 Å². The van der Waals surface area contributed by atoms with Crippen LogP contribution in [0, 0.1) is 11.3 Å². The van der Waals surface area contributed by atoms with Crippen LogP contribution in [0.2, 0.25) is 0 Å². The average molecular weight is 268 g/mol. The number of carbonyl (C=O) groups excluding carboxylic acids is 1. The summed E-state index contributed by atoms with van der Waals surface area (Å²) in [6.45, 7) is 6.33. The van der Waals surface area contributed by atoms with Gasteiger partial charge >= 0.3 is 0 Å². The first kappa shape index (κ1) is 16.5. The Balaban J connectivity index is 1.92. The number of hydrogen-bond acceptors (Lipinski definition) is 2. The summed E-state index contributed by atoms with van der Waals surface area (Å²) in [6, 6.07) is 0. The first-order valence-corrected chi connectivity index (χ1v) is 8.06. The molecule has 19 heavy (non-hydrogen) atoms. The van der Waals surface area contributed by atoms with Gasteiger partial charge in [0.05, 0.1) is 5.41 Å². The highest BCUT2D eigenvalue weighted by Gasteiger charge is 2.51. The zero-order chi connectivity index (χ0) is 14.1. The quantitative estimate of drug-likeness (QED) is 0.565. The van der Waals surface area contributed by atoms with Crippen LogP contribution in [0.5, 0.6) is 0 Å². The third-order valence-corrected chi connectivity index (χ3v) is 4.49. The minimum atomic E-state index is -0.00679. The number of amides is 1. The molecule has 0 unspecified atom stereocenters. The maximum Gasteiger partial charge on any atom is 0.226 e. The Morgan fingerprint density at radius 1 is 1.00 bits per heavy atom. The van der Waals surface area contributed by atoms with E-state index in [0.717, 1.165) is 32.4 Å². The standard InChI is InChI=1S/C16H32N2O/c1-14(2)16(10-11-16)15(19)18-13-9-7-5-4-6-8-12-17-3/h14,17H,4-13H2,1-3H3,(H,18,19). The van der Waals surface area contributed by atoms with Crippen molar-refractivity contribution in [3.63, 3.8) is 0 Å². The van der Waals surface area contributed by atoms with Crippen LogP contribution in [0.4, 0.5) is 0 Å². The van der Waals surface area contributed by atoms with Gasteiger partial charge in [0.2, 0.25) is 5.91 Å². The molecule has 1 fully saturated rings. The molecule has 1 aliphatic rings. The molecule has 0 spiro atoms. The summed E-state index contributed by atoms with van der Waals surface area (Å²) in [5.41, 5.74) is -0.00679. The van der Waals surface area contributed by atoms with E-state index in [2.05, 4.69) is 24.5 Å². The van der Waals surface area contributed by atoms with Gasteiger partial charge in [0.25, 0.3) is 0 Å². The van der Waals surface area contributed by atoms with E-state index in [4.69, 9.17) is 0 Å². The lowest BCUT2D eigenvalue weighted by Crippen LogP contribution is -2.35. The van der Waals surface area contributed by atoms with Gasteiger partial charge in [0.15, 0.2) is 0 Å². The van der Waals surface area contributed by atoms with Gasteiger partial charge in [-0.15, -0.1) is 0 Å². The van der Waals surface area contributed by atoms with Crippen molar-refractivity contribution < 1.29 is 4.79 Å². The first-order chi connectivity index (χ1) is 9.13. The fraction of sp³-hybridized carbons (Fsp3) is 0.938. The van der Waals surface area contributed by atoms with Gasteiger partial charge in [-0.2, -0.15) is 0 Å². The SMILES string of the molecule is CNCCCCCCCCNC(=O)C1(C(C)C)CC1. The van der Waals surface area contributed by atoms with Crippen molar-refractivity contribution in [3.8, 4) is 0 Å². The second-order valence-electron chi connectivity index (χ2n) is 6.29. The maximum atomic E-state index is 12.1. The molecular formula is C16H32N2O. The van der Waals surface area contributed by atoms with E-state index in [0.29, 0.717) is 11.8 Å². The van der Waals surface area contributed by atoms with Crippen LogP contribution < -0.4 is 10.6 Å². The molecule has 0 atom stereocenters. The Bertz CT molecular complexity index is 259. The van der Waals surface area contributed by atoms with Crippen LogP contribution in [0.15, 0.2) is 0 Å². The van der Waals surface area contributed by atoms with E-state index < -0.39 is 0 Å². The Morgan fingerprint density at radius 3 is 2.00 bits per heavy atom. The van der Waals surface area contributed by atoms with Crippen molar-refractivity contribution in [1.82, 2.24) is 10.6 Å². The molecule has 3 heteroatoms. The van der Waals surface area contributed by atoms with Gasteiger partial charge in [0, 0.05) is 6.54 Å². The van der Waals surface area contributed by atoms with Crippen LogP contribution >= 0.6 is 0 Å². The highest BCUT2D eigenvalue weighted by atomic mass is 16.2. The molecule has 3 nitrogen and oxygen atoms in total. The van der Waals surface area contributed by atoms with Gasteiger partial charge < -0.3 is 10.6 Å². The predicted octanol–water partition coefficient (Wildman–Crippen LogP) is 3.10. The Hall–Kier alpha value is -0.570. The summed E-state index contributed by atoms with van der Waals surface area (Å²) in [6.07, 6.45) is 9.78. The largest absolute Gasteiger partial charge is 0.356 e. The lowest BCUT2D eigenvalue weighted by atomic mass is 9.91. The van der Waals surface area contributed by atoms with Gasteiger partial charge in [-0.25, -0.2) is 0 Å². The van der Waals surface area contributed by atoms with E-state index >= 15 is 0 Å². The molecule has 0 heterocycles. The smallest absolute Gasteiger partial charge is 0.226 e. The van der Waals surface area contributed by atoms with Crippen molar-refractivity contribution in [3.05, 3.63) is 0 Å². The van der Waals surface area contributed by atoms with E-state index in [1.54, 1.807) is 0 Å². The molecule has 0 aromatic rings. The molecule has 0 aromatic carbocycles. The molecule has 1 aliphatic carbocycles. The van der Waals surface area contributed by atoms with Crippen molar-refractivity contribution >= 4 is 5.91 Å². The molecule has 2 N–H and O–H groups in total. The van der Waals surface area contributed by atoms with E-state index in [1.807, 2.05) is 7.05 Å². The van der Waals surface area contributed by atoms with Crippen molar-refractivity contribution in [2.24, 2.45) is 11.3 Å². The zero-order valence-corrected chi connectivity index (χ0v) is 13.1. The molecule has 0 radical (unpaired) electrons. The minimum absolute atomic E-state index is 0.00679. The van der Waals surface area contributed by atoms with Crippen LogP contribution in [-0.2, 0) is 4.79 Å². The average Bonchev–Trinajstić information content (AvgIpc) is 3.18. The van der Waals surface area contributed by atoms with Gasteiger partial charge in [-0.1, -0.05) is 39.5 Å². The number of unbranched alkanes of at least 4 members (excludes halogenated alkanes) is 5. The summed E-state index contributed by atoms with van der Waals surface area (Å²) in [5, 5.41) is 6.30. The fourth-order valence-corrected chi connectivity index (χ4v) is 2.71. The van der Waals surface area contributed by atoms with Crippen LogP contribution in [0.25, 0.3) is 0 Å². The van der Waals surface area contributed by atoms with E-state index in [1.165, 1.54) is 32.1 Å². The molecule has 0 saturated heterocycles. The van der Waals surface area contributed by atoms with Crippen LogP contribution in [0.3, 0.4) is 0 Å². The first-order valence-electron chi connectivity index (χ1n) is 8.06. The monoisotopic (exact) mass is 268 g/mol. The number of carbonyl (C=O) groups is 1. The number of hydrogen-bond donors (Lipinski definition) is 2. The highest BCUT2D eigenvalue weighted by Crippen LogP contribution is 2.51. The zero-order valence-electron chi connectivity index (χ0n) is 13.1. The van der Waals surface area contributed by atoms with Crippen molar-refractivity contribution in [1.29, 1.82) is 0 Å².